The van der Waals surface area contributed by atoms with Gasteiger partial charge in [-0.05, 0) is 77.5 Å². The summed E-state index contributed by atoms with van der Waals surface area (Å²) in [4.78, 5) is 15.4. The third kappa shape index (κ3) is 5.94. The van der Waals surface area contributed by atoms with E-state index in [4.69, 9.17) is 20.8 Å². The zero-order valence-electron chi connectivity index (χ0n) is 19.0. The molecule has 4 aromatic rings. The first-order chi connectivity index (χ1) is 17.6. The summed E-state index contributed by atoms with van der Waals surface area (Å²) in [5.74, 6) is 1.90. The molecule has 0 unspecified atom stereocenters. The smallest absolute Gasteiger partial charge is 0.267 e. The third-order valence-electron chi connectivity index (χ3n) is 5.14. The molecule has 1 fully saturated rings. The lowest BCUT2D eigenvalue weighted by molar-refractivity contribution is -0.122. The zero-order valence-corrected chi connectivity index (χ0v) is 20.5. The highest BCUT2D eigenvalue weighted by Crippen LogP contribution is 2.34. The van der Waals surface area contributed by atoms with Crippen LogP contribution in [0, 0.1) is 0 Å². The molecule has 36 heavy (non-hydrogen) atoms. The first kappa shape index (κ1) is 23.7. The van der Waals surface area contributed by atoms with Crippen LogP contribution in [0.1, 0.15) is 16.9 Å². The van der Waals surface area contributed by atoms with Crippen molar-refractivity contribution in [2.45, 2.75) is 6.54 Å². The summed E-state index contributed by atoms with van der Waals surface area (Å²) >= 11 is 7.20. The van der Waals surface area contributed by atoms with E-state index in [9.17, 15) is 4.79 Å². The Kier molecular flexibility index (Phi) is 7.30. The van der Waals surface area contributed by atoms with Crippen molar-refractivity contribution in [3.8, 4) is 11.5 Å². The number of hydrogen-bond donors (Lipinski definition) is 0. The van der Waals surface area contributed by atoms with Crippen molar-refractivity contribution in [2.75, 3.05) is 0 Å². The molecule has 0 spiro atoms. The van der Waals surface area contributed by atoms with E-state index in [1.165, 1.54) is 11.8 Å². The molecule has 1 aromatic heterocycles. The van der Waals surface area contributed by atoms with Crippen molar-refractivity contribution >= 4 is 46.7 Å². The molecule has 1 aliphatic rings. The molecule has 8 heteroatoms. The van der Waals surface area contributed by atoms with Crippen molar-refractivity contribution in [2.24, 2.45) is 10.2 Å². The Morgan fingerprint density at radius 3 is 2.50 bits per heavy atom. The quantitative estimate of drug-likeness (QED) is 0.148. The molecule has 1 amide bonds. The van der Waals surface area contributed by atoms with Crippen LogP contribution in [-0.2, 0) is 11.3 Å². The number of furan rings is 1. The summed E-state index contributed by atoms with van der Waals surface area (Å²) in [7, 11) is 0. The monoisotopic (exact) mass is 513 g/mol. The van der Waals surface area contributed by atoms with Gasteiger partial charge in [0.2, 0.25) is 0 Å². The lowest BCUT2D eigenvalue weighted by Crippen LogP contribution is -2.28. The van der Waals surface area contributed by atoms with Crippen molar-refractivity contribution in [1.29, 1.82) is 0 Å². The SMILES string of the molecule is O=C1/C(=C/c2cccc(Oc3ccccc3)c2)S/C(=N/N=C\c2ccc(Cl)cc2)N1Cc1ccco1. The number of ether oxygens (including phenoxy) is 1. The Morgan fingerprint density at radius 2 is 1.72 bits per heavy atom. The van der Waals surface area contributed by atoms with Gasteiger partial charge in [-0.2, -0.15) is 5.10 Å². The first-order valence-electron chi connectivity index (χ1n) is 11.1. The van der Waals surface area contributed by atoms with Crippen LogP contribution in [0.5, 0.6) is 11.5 Å². The molecule has 1 aliphatic heterocycles. The number of rotatable bonds is 7. The van der Waals surface area contributed by atoms with Gasteiger partial charge in [0.15, 0.2) is 5.17 Å². The van der Waals surface area contributed by atoms with Crippen LogP contribution < -0.4 is 4.74 Å². The van der Waals surface area contributed by atoms with Crippen LogP contribution in [0.25, 0.3) is 6.08 Å². The lowest BCUT2D eigenvalue weighted by Gasteiger charge is -2.12. The van der Waals surface area contributed by atoms with Crippen molar-refractivity contribution in [1.82, 2.24) is 4.90 Å². The first-order valence-corrected chi connectivity index (χ1v) is 12.3. The Hall–Kier alpha value is -4.07. The van der Waals surface area contributed by atoms with Gasteiger partial charge in [-0.3, -0.25) is 9.69 Å². The maximum Gasteiger partial charge on any atom is 0.267 e. The topological polar surface area (TPSA) is 67.4 Å². The number of amides is 1. The Morgan fingerprint density at radius 1 is 0.917 bits per heavy atom. The number of amidine groups is 1. The fourth-order valence-electron chi connectivity index (χ4n) is 3.42. The van der Waals surface area contributed by atoms with Gasteiger partial charge >= 0.3 is 0 Å². The number of nitrogens with zero attached hydrogens (tertiary/aromatic N) is 3. The van der Waals surface area contributed by atoms with E-state index in [-0.39, 0.29) is 12.5 Å². The minimum absolute atomic E-state index is 0.175. The number of benzene rings is 3. The molecule has 0 atom stereocenters. The molecule has 5 rings (SSSR count). The fraction of sp³-hybridized carbons (Fsp3) is 0.0357. The van der Waals surface area contributed by atoms with E-state index in [0.717, 1.165) is 16.9 Å². The molecule has 2 heterocycles. The molecule has 178 valence electrons. The summed E-state index contributed by atoms with van der Waals surface area (Å²) in [6.45, 7) is 0.253. The molecule has 6 nitrogen and oxygen atoms in total. The van der Waals surface area contributed by atoms with Crippen molar-refractivity contribution in [3.63, 3.8) is 0 Å². The van der Waals surface area contributed by atoms with Gasteiger partial charge in [0.1, 0.15) is 17.3 Å². The second-order valence-corrected chi connectivity index (χ2v) is 9.19. The largest absolute Gasteiger partial charge is 0.467 e. The number of hydrogen-bond acceptors (Lipinski definition) is 6. The predicted molar refractivity (Wildman–Crippen MR) is 144 cm³/mol. The van der Waals surface area contributed by atoms with E-state index >= 15 is 0 Å². The van der Waals surface area contributed by atoms with Gasteiger partial charge in [0.25, 0.3) is 5.91 Å². The van der Waals surface area contributed by atoms with E-state index in [1.54, 1.807) is 35.6 Å². The molecular formula is C28H20ClN3O3S. The predicted octanol–water partition coefficient (Wildman–Crippen LogP) is 7.23. The molecule has 0 radical (unpaired) electrons. The zero-order chi connectivity index (χ0) is 24.7. The lowest BCUT2D eigenvalue weighted by atomic mass is 10.2. The van der Waals surface area contributed by atoms with Gasteiger partial charge in [-0.1, -0.05) is 54.1 Å². The molecule has 0 saturated carbocycles. The standard InChI is InChI=1S/C28H20ClN3O3S/c29-22-13-11-20(12-14-22)18-30-31-28-32(19-25-10-5-15-34-25)27(33)26(36-28)17-21-6-4-9-24(16-21)35-23-7-2-1-3-8-23/h1-18H,19H2/b26-17-,30-18-,31-28+. The van der Waals surface area contributed by atoms with Crippen LogP contribution in [-0.4, -0.2) is 22.2 Å². The highest BCUT2D eigenvalue weighted by Gasteiger charge is 2.34. The number of halogens is 1. The van der Waals surface area contributed by atoms with E-state index < -0.39 is 0 Å². The summed E-state index contributed by atoms with van der Waals surface area (Å²) in [5.41, 5.74) is 1.68. The van der Waals surface area contributed by atoms with Crippen LogP contribution in [0.4, 0.5) is 0 Å². The highest BCUT2D eigenvalue weighted by molar-refractivity contribution is 8.18. The van der Waals surface area contributed by atoms with E-state index in [1.807, 2.05) is 78.9 Å². The summed E-state index contributed by atoms with van der Waals surface area (Å²) < 4.78 is 11.4. The van der Waals surface area contributed by atoms with Gasteiger partial charge in [0.05, 0.1) is 23.9 Å². The molecule has 0 N–H and O–H groups in total. The van der Waals surface area contributed by atoms with Gasteiger partial charge in [-0.25, -0.2) is 0 Å². The maximum absolute atomic E-state index is 13.3. The molecule has 3 aromatic carbocycles. The number of carbonyl (C=O) groups is 1. The Balaban J connectivity index is 1.39. The van der Waals surface area contributed by atoms with Crippen LogP contribution >= 0.6 is 23.4 Å². The van der Waals surface area contributed by atoms with Crippen LogP contribution in [0.2, 0.25) is 5.02 Å². The second-order valence-electron chi connectivity index (χ2n) is 7.75. The van der Waals surface area contributed by atoms with Crippen LogP contribution in [0.15, 0.2) is 117 Å². The number of thioether (sulfide) groups is 1. The molecule has 0 aliphatic carbocycles. The van der Waals surface area contributed by atoms with E-state index in [2.05, 4.69) is 10.2 Å². The van der Waals surface area contributed by atoms with E-state index in [0.29, 0.717) is 26.6 Å². The fourth-order valence-corrected chi connectivity index (χ4v) is 4.48. The number of para-hydroxylation sites is 1. The summed E-state index contributed by atoms with van der Waals surface area (Å²) in [5, 5.41) is 9.64. The molecule has 1 saturated heterocycles. The van der Waals surface area contributed by atoms with Gasteiger partial charge < -0.3 is 9.15 Å². The minimum atomic E-state index is -0.175. The second kappa shape index (κ2) is 11.1. The maximum atomic E-state index is 13.3. The Labute approximate surface area is 217 Å². The van der Waals surface area contributed by atoms with Gasteiger partial charge in [-0.15, -0.1) is 5.10 Å². The summed E-state index contributed by atoms with van der Waals surface area (Å²) in [6, 6.07) is 28.0. The number of carbonyl (C=O) groups excluding carboxylic acids is 1. The van der Waals surface area contributed by atoms with Crippen LogP contribution in [0.3, 0.4) is 0 Å². The average molecular weight is 514 g/mol. The Bertz CT molecular complexity index is 1430. The average Bonchev–Trinajstić information content (AvgIpc) is 3.50. The summed E-state index contributed by atoms with van der Waals surface area (Å²) in [6.07, 6.45) is 5.02. The van der Waals surface area contributed by atoms with Crippen molar-refractivity contribution < 1.29 is 13.9 Å². The molecular weight excluding hydrogens is 494 g/mol. The van der Waals surface area contributed by atoms with Crippen molar-refractivity contribution in [3.05, 3.63) is 124 Å². The normalized spacial score (nSPS) is 15.9. The molecule has 0 bridgehead atoms. The van der Waals surface area contributed by atoms with Gasteiger partial charge in [0, 0.05) is 5.02 Å². The highest BCUT2D eigenvalue weighted by atomic mass is 35.5. The minimum Gasteiger partial charge on any atom is -0.467 e. The third-order valence-corrected chi connectivity index (χ3v) is 6.39.